The van der Waals surface area contributed by atoms with Gasteiger partial charge in [0.25, 0.3) is 0 Å². The second-order valence-electron chi connectivity index (χ2n) is 5.89. The van der Waals surface area contributed by atoms with E-state index in [0.29, 0.717) is 6.42 Å². The predicted molar refractivity (Wildman–Crippen MR) is 75.7 cm³/mol. The van der Waals surface area contributed by atoms with Gasteiger partial charge in [0.1, 0.15) is 0 Å². The van der Waals surface area contributed by atoms with Gasteiger partial charge in [-0.15, -0.1) is 11.3 Å². The zero-order valence-corrected chi connectivity index (χ0v) is 12.2. The van der Waals surface area contributed by atoms with Crippen LogP contribution in [-0.2, 0) is 11.2 Å². The van der Waals surface area contributed by atoms with Crippen LogP contribution >= 0.6 is 11.3 Å². The van der Waals surface area contributed by atoms with Crippen LogP contribution < -0.4 is 5.73 Å². The fourth-order valence-electron chi connectivity index (χ4n) is 2.43. The van der Waals surface area contributed by atoms with Gasteiger partial charge in [-0.3, -0.25) is 4.79 Å². The molecule has 1 aliphatic rings. The van der Waals surface area contributed by atoms with Gasteiger partial charge < -0.3 is 10.6 Å². The first kappa shape index (κ1) is 13.6. The number of rotatable bonds is 2. The molecule has 0 spiro atoms. The van der Waals surface area contributed by atoms with Gasteiger partial charge in [-0.25, -0.2) is 0 Å². The summed E-state index contributed by atoms with van der Waals surface area (Å²) in [5, 5.41) is 0. The summed E-state index contributed by atoms with van der Waals surface area (Å²) in [5.74, 6) is 0.233. The molecule has 1 unspecified atom stereocenters. The lowest BCUT2D eigenvalue weighted by atomic mass is 9.79. The van der Waals surface area contributed by atoms with Crippen molar-refractivity contribution in [1.82, 2.24) is 4.90 Å². The molecule has 0 saturated carbocycles. The van der Waals surface area contributed by atoms with Gasteiger partial charge in [-0.05, 0) is 30.9 Å². The highest BCUT2D eigenvalue weighted by atomic mass is 32.1. The number of carbonyl (C=O) groups is 1. The average molecular weight is 266 g/mol. The zero-order chi connectivity index (χ0) is 13.3. The van der Waals surface area contributed by atoms with Gasteiger partial charge in [-0.2, -0.15) is 0 Å². The molecule has 18 heavy (non-hydrogen) atoms. The maximum absolute atomic E-state index is 12.3. The van der Waals surface area contributed by atoms with E-state index in [1.807, 2.05) is 4.90 Å². The lowest BCUT2D eigenvalue weighted by Crippen LogP contribution is -2.54. The number of piperidine rings is 1. The van der Waals surface area contributed by atoms with Gasteiger partial charge in [0, 0.05) is 28.9 Å². The fraction of sp³-hybridized carbons (Fsp3) is 0.643. The van der Waals surface area contributed by atoms with Gasteiger partial charge in [-0.1, -0.05) is 13.8 Å². The molecule has 3 nitrogen and oxygen atoms in total. The van der Waals surface area contributed by atoms with Crippen LogP contribution in [0.1, 0.15) is 30.0 Å². The standard InChI is InChI=1S/C14H22N2OS/c1-10-4-5-11(18-10)8-13(17)16-7-6-12(15)14(2,3)9-16/h4-5,12H,6-9,15H2,1-3H3. The lowest BCUT2D eigenvalue weighted by molar-refractivity contribution is -0.133. The molecule has 0 bridgehead atoms. The monoisotopic (exact) mass is 266 g/mol. The van der Waals surface area contributed by atoms with Crippen molar-refractivity contribution < 1.29 is 4.79 Å². The van der Waals surface area contributed by atoms with E-state index < -0.39 is 0 Å². The minimum Gasteiger partial charge on any atom is -0.342 e. The van der Waals surface area contributed by atoms with Crippen molar-refractivity contribution in [3.63, 3.8) is 0 Å². The molecular weight excluding hydrogens is 244 g/mol. The number of aryl methyl sites for hydroxylation is 1. The van der Waals surface area contributed by atoms with Crippen LogP contribution in [0.15, 0.2) is 12.1 Å². The van der Waals surface area contributed by atoms with Crippen LogP contribution in [0.4, 0.5) is 0 Å². The topological polar surface area (TPSA) is 46.3 Å². The van der Waals surface area contributed by atoms with Crippen LogP contribution in [0, 0.1) is 12.3 Å². The van der Waals surface area contributed by atoms with E-state index in [9.17, 15) is 4.79 Å². The summed E-state index contributed by atoms with van der Waals surface area (Å²) >= 11 is 1.71. The number of hydrogen-bond acceptors (Lipinski definition) is 3. The Balaban J connectivity index is 1.98. The normalized spacial score (nSPS) is 23.1. The first-order valence-corrected chi connectivity index (χ1v) is 7.29. The number of nitrogens with zero attached hydrogens (tertiary/aromatic N) is 1. The number of amides is 1. The number of hydrogen-bond donors (Lipinski definition) is 1. The fourth-order valence-corrected chi connectivity index (χ4v) is 3.31. The molecule has 0 aliphatic carbocycles. The second kappa shape index (κ2) is 5.02. The van der Waals surface area contributed by atoms with Gasteiger partial charge in [0.05, 0.1) is 6.42 Å². The van der Waals surface area contributed by atoms with E-state index in [2.05, 4.69) is 32.9 Å². The van der Waals surface area contributed by atoms with Crippen LogP contribution in [0.2, 0.25) is 0 Å². The third-order valence-electron chi connectivity index (χ3n) is 3.79. The first-order chi connectivity index (χ1) is 8.38. The quantitative estimate of drug-likeness (QED) is 0.892. The maximum Gasteiger partial charge on any atom is 0.227 e. The maximum atomic E-state index is 12.3. The highest BCUT2D eigenvalue weighted by Crippen LogP contribution is 2.28. The van der Waals surface area contributed by atoms with Crippen molar-refractivity contribution in [2.45, 2.75) is 39.7 Å². The minimum atomic E-state index is 0.0271. The summed E-state index contributed by atoms with van der Waals surface area (Å²) in [4.78, 5) is 16.7. The van der Waals surface area contributed by atoms with Gasteiger partial charge >= 0.3 is 0 Å². The van der Waals surface area contributed by atoms with Crippen molar-refractivity contribution in [2.75, 3.05) is 13.1 Å². The van der Waals surface area contributed by atoms with E-state index in [-0.39, 0.29) is 17.4 Å². The van der Waals surface area contributed by atoms with Crippen LogP contribution in [-0.4, -0.2) is 29.9 Å². The summed E-state index contributed by atoms with van der Waals surface area (Å²) in [7, 11) is 0. The molecule has 1 aromatic heterocycles. The van der Waals surface area contributed by atoms with Gasteiger partial charge in [0.15, 0.2) is 0 Å². The molecule has 1 saturated heterocycles. The lowest BCUT2D eigenvalue weighted by Gasteiger charge is -2.42. The Labute approximate surface area is 113 Å². The highest BCUT2D eigenvalue weighted by Gasteiger charge is 2.35. The molecule has 1 fully saturated rings. The molecule has 1 amide bonds. The molecule has 0 radical (unpaired) electrons. The number of likely N-dealkylation sites (tertiary alicyclic amines) is 1. The average Bonchev–Trinajstić information content (AvgIpc) is 2.68. The molecule has 2 N–H and O–H groups in total. The zero-order valence-electron chi connectivity index (χ0n) is 11.4. The summed E-state index contributed by atoms with van der Waals surface area (Å²) < 4.78 is 0. The smallest absolute Gasteiger partial charge is 0.227 e. The van der Waals surface area contributed by atoms with E-state index in [4.69, 9.17) is 5.73 Å². The summed E-state index contributed by atoms with van der Waals surface area (Å²) in [6, 6.07) is 4.33. The van der Waals surface area contributed by atoms with Crippen molar-refractivity contribution >= 4 is 17.2 Å². The largest absolute Gasteiger partial charge is 0.342 e. The minimum absolute atomic E-state index is 0.0271. The van der Waals surface area contributed by atoms with E-state index in [1.54, 1.807) is 11.3 Å². The van der Waals surface area contributed by atoms with E-state index >= 15 is 0 Å². The molecule has 2 rings (SSSR count). The van der Waals surface area contributed by atoms with Crippen LogP contribution in [0.25, 0.3) is 0 Å². The molecule has 100 valence electrons. The highest BCUT2D eigenvalue weighted by molar-refractivity contribution is 7.12. The van der Waals surface area contributed by atoms with E-state index in [0.717, 1.165) is 24.4 Å². The van der Waals surface area contributed by atoms with Gasteiger partial charge in [0.2, 0.25) is 5.91 Å². The Kier molecular flexibility index (Phi) is 3.78. The third-order valence-corrected chi connectivity index (χ3v) is 4.79. The van der Waals surface area contributed by atoms with Crippen LogP contribution in [0.5, 0.6) is 0 Å². The summed E-state index contributed by atoms with van der Waals surface area (Å²) in [6.45, 7) is 7.94. The molecule has 1 atom stereocenters. The first-order valence-electron chi connectivity index (χ1n) is 6.47. The molecule has 0 aromatic carbocycles. The Morgan fingerprint density at radius 3 is 2.83 bits per heavy atom. The molecule has 4 heteroatoms. The molecule has 1 aromatic rings. The van der Waals surface area contributed by atoms with Crippen molar-refractivity contribution in [1.29, 1.82) is 0 Å². The Bertz CT molecular complexity index is 439. The number of carbonyl (C=O) groups excluding carboxylic acids is 1. The SMILES string of the molecule is Cc1ccc(CC(=O)N2CCC(N)C(C)(C)C2)s1. The number of thiophene rings is 1. The molecular formula is C14H22N2OS. The summed E-state index contributed by atoms with van der Waals surface area (Å²) in [5.41, 5.74) is 6.12. The number of nitrogens with two attached hydrogens (primary N) is 1. The third kappa shape index (κ3) is 2.93. The Hall–Kier alpha value is -0.870. The second-order valence-corrected chi connectivity index (χ2v) is 7.26. The van der Waals surface area contributed by atoms with Crippen LogP contribution in [0.3, 0.4) is 0 Å². The van der Waals surface area contributed by atoms with Crippen molar-refractivity contribution in [3.8, 4) is 0 Å². The Morgan fingerprint density at radius 2 is 2.28 bits per heavy atom. The molecule has 1 aliphatic heterocycles. The predicted octanol–water partition coefficient (Wildman–Crippen LogP) is 2.18. The van der Waals surface area contributed by atoms with Crippen molar-refractivity contribution in [2.24, 2.45) is 11.1 Å². The Morgan fingerprint density at radius 1 is 1.56 bits per heavy atom. The summed E-state index contributed by atoms with van der Waals surface area (Å²) in [6.07, 6.45) is 1.44. The van der Waals surface area contributed by atoms with E-state index in [1.165, 1.54) is 4.88 Å². The molecule has 2 heterocycles. The van der Waals surface area contributed by atoms with Crippen molar-refractivity contribution in [3.05, 3.63) is 21.9 Å².